The lowest BCUT2D eigenvalue weighted by molar-refractivity contribution is 0.0995. The lowest BCUT2D eigenvalue weighted by Crippen LogP contribution is -2.14. The second-order valence-electron chi connectivity index (χ2n) is 4.18. The van der Waals surface area contributed by atoms with Gasteiger partial charge < -0.3 is 11.1 Å². The van der Waals surface area contributed by atoms with E-state index in [1.54, 1.807) is 18.3 Å². The van der Waals surface area contributed by atoms with Crippen molar-refractivity contribution in [2.45, 2.75) is 13.0 Å². The molecule has 98 valence electrons. The molecule has 0 saturated carbocycles. The molecule has 19 heavy (non-hydrogen) atoms. The second-order valence-corrected chi connectivity index (χ2v) is 5.04. The molecule has 0 fully saturated rings. The van der Waals surface area contributed by atoms with Crippen LogP contribution in [0.3, 0.4) is 0 Å². The van der Waals surface area contributed by atoms with Crippen LogP contribution in [0.2, 0.25) is 0 Å². The number of nitrogens with one attached hydrogen (secondary N) is 1. The van der Waals surface area contributed by atoms with E-state index in [9.17, 15) is 4.79 Å². The number of carbonyl (C=O) groups is 1. The Labute approximate surface area is 120 Å². The Balaban J connectivity index is 2.19. The number of primary amides is 1. The summed E-state index contributed by atoms with van der Waals surface area (Å²) in [7, 11) is 0. The lowest BCUT2D eigenvalue weighted by Gasteiger charge is -2.17. The molecule has 0 spiro atoms. The Kier molecular flexibility index (Phi) is 4.16. The van der Waals surface area contributed by atoms with Crippen molar-refractivity contribution < 1.29 is 4.79 Å². The molecule has 4 nitrogen and oxygen atoms in total. The van der Waals surface area contributed by atoms with Crippen LogP contribution in [0.4, 0.5) is 5.69 Å². The molecule has 1 atom stereocenters. The van der Waals surface area contributed by atoms with E-state index in [0.717, 1.165) is 15.7 Å². The normalized spacial score (nSPS) is 11.9. The SMILES string of the molecule is CC(Nc1ccnc(C(N)=O)c1)c1ccccc1Br. The van der Waals surface area contributed by atoms with E-state index in [1.807, 2.05) is 31.2 Å². The number of anilines is 1. The van der Waals surface area contributed by atoms with Gasteiger partial charge >= 0.3 is 0 Å². The monoisotopic (exact) mass is 319 g/mol. The van der Waals surface area contributed by atoms with Gasteiger partial charge in [0.2, 0.25) is 0 Å². The number of benzene rings is 1. The van der Waals surface area contributed by atoms with Gasteiger partial charge in [-0.25, -0.2) is 0 Å². The van der Waals surface area contributed by atoms with Gasteiger partial charge in [0, 0.05) is 22.4 Å². The molecule has 1 heterocycles. The molecule has 1 aromatic heterocycles. The molecule has 2 aromatic rings. The van der Waals surface area contributed by atoms with Crippen LogP contribution in [0.15, 0.2) is 47.1 Å². The number of hydrogen-bond acceptors (Lipinski definition) is 3. The van der Waals surface area contributed by atoms with Crippen LogP contribution >= 0.6 is 15.9 Å². The molecule has 1 aromatic carbocycles. The molecule has 0 aliphatic rings. The van der Waals surface area contributed by atoms with Crippen molar-refractivity contribution in [3.63, 3.8) is 0 Å². The average Bonchev–Trinajstić information content (AvgIpc) is 2.39. The van der Waals surface area contributed by atoms with Crippen molar-refractivity contribution in [2.75, 3.05) is 5.32 Å². The van der Waals surface area contributed by atoms with Crippen molar-refractivity contribution in [3.05, 3.63) is 58.3 Å². The second kappa shape index (κ2) is 5.84. The zero-order valence-corrected chi connectivity index (χ0v) is 12.0. The van der Waals surface area contributed by atoms with E-state index >= 15 is 0 Å². The van der Waals surface area contributed by atoms with Gasteiger partial charge in [0.15, 0.2) is 0 Å². The molecule has 2 rings (SSSR count). The van der Waals surface area contributed by atoms with Gasteiger partial charge in [-0.2, -0.15) is 0 Å². The van der Waals surface area contributed by atoms with Crippen molar-refractivity contribution >= 4 is 27.5 Å². The highest BCUT2D eigenvalue weighted by Gasteiger charge is 2.09. The third-order valence-electron chi connectivity index (χ3n) is 2.77. The van der Waals surface area contributed by atoms with E-state index in [0.29, 0.717) is 0 Å². The number of nitrogens with two attached hydrogens (primary N) is 1. The highest BCUT2D eigenvalue weighted by atomic mass is 79.9. The molecule has 0 aliphatic carbocycles. The average molecular weight is 320 g/mol. The molecule has 0 radical (unpaired) electrons. The van der Waals surface area contributed by atoms with Crippen molar-refractivity contribution in [3.8, 4) is 0 Å². The van der Waals surface area contributed by atoms with Gasteiger partial charge in [0.25, 0.3) is 5.91 Å². The van der Waals surface area contributed by atoms with Gasteiger partial charge in [-0.05, 0) is 30.7 Å². The number of pyridine rings is 1. The Bertz CT molecular complexity index is 601. The van der Waals surface area contributed by atoms with Gasteiger partial charge in [-0.1, -0.05) is 34.1 Å². The molecule has 0 aliphatic heterocycles. The van der Waals surface area contributed by atoms with Crippen LogP contribution in [0, 0.1) is 0 Å². The number of nitrogens with zero attached hydrogens (tertiary/aromatic N) is 1. The molecular formula is C14H14BrN3O. The van der Waals surface area contributed by atoms with E-state index < -0.39 is 5.91 Å². The van der Waals surface area contributed by atoms with Crippen LogP contribution in [-0.2, 0) is 0 Å². The summed E-state index contributed by atoms with van der Waals surface area (Å²) in [4.78, 5) is 15.0. The fourth-order valence-corrected chi connectivity index (χ4v) is 2.44. The molecule has 1 amide bonds. The van der Waals surface area contributed by atoms with Gasteiger partial charge in [0.1, 0.15) is 5.69 Å². The Hall–Kier alpha value is -1.88. The number of halogens is 1. The molecule has 1 unspecified atom stereocenters. The van der Waals surface area contributed by atoms with Crippen LogP contribution < -0.4 is 11.1 Å². The molecule has 3 N–H and O–H groups in total. The first-order chi connectivity index (χ1) is 9.08. The Morgan fingerprint density at radius 2 is 2.11 bits per heavy atom. The summed E-state index contributed by atoms with van der Waals surface area (Å²) in [6.07, 6.45) is 1.56. The maximum absolute atomic E-state index is 11.1. The fourth-order valence-electron chi connectivity index (χ4n) is 1.81. The van der Waals surface area contributed by atoms with Crippen LogP contribution in [0.25, 0.3) is 0 Å². The number of carbonyl (C=O) groups excluding carboxylic acids is 1. The third kappa shape index (κ3) is 3.32. The standard InChI is InChI=1S/C14H14BrN3O/c1-9(11-4-2-3-5-12(11)15)18-10-6-7-17-13(8-10)14(16)19/h2-9H,1H3,(H2,16,19)(H,17,18). The molecule has 5 heteroatoms. The first kappa shape index (κ1) is 13.5. The molecule has 0 saturated heterocycles. The summed E-state index contributed by atoms with van der Waals surface area (Å²) in [6, 6.07) is 11.5. The molecule has 0 bridgehead atoms. The van der Waals surface area contributed by atoms with Crippen molar-refractivity contribution in [2.24, 2.45) is 5.73 Å². The van der Waals surface area contributed by atoms with Crippen LogP contribution in [0.5, 0.6) is 0 Å². The van der Waals surface area contributed by atoms with Gasteiger partial charge in [0.05, 0.1) is 0 Å². The zero-order valence-electron chi connectivity index (χ0n) is 10.4. The van der Waals surface area contributed by atoms with E-state index in [2.05, 4.69) is 26.2 Å². The summed E-state index contributed by atoms with van der Waals surface area (Å²) in [5.41, 5.74) is 7.42. The minimum absolute atomic E-state index is 0.0960. The quantitative estimate of drug-likeness (QED) is 0.909. The summed E-state index contributed by atoms with van der Waals surface area (Å²) < 4.78 is 1.04. The number of hydrogen-bond donors (Lipinski definition) is 2. The maximum atomic E-state index is 11.1. The number of amides is 1. The predicted octanol–water partition coefficient (Wildman–Crippen LogP) is 3.12. The largest absolute Gasteiger partial charge is 0.378 e. The summed E-state index contributed by atoms with van der Waals surface area (Å²) in [5, 5.41) is 3.32. The topological polar surface area (TPSA) is 68.0 Å². The summed E-state index contributed by atoms with van der Waals surface area (Å²) >= 11 is 3.52. The van der Waals surface area contributed by atoms with Crippen LogP contribution in [-0.4, -0.2) is 10.9 Å². The molecular weight excluding hydrogens is 306 g/mol. The minimum atomic E-state index is -0.530. The maximum Gasteiger partial charge on any atom is 0.267 e. The van der Waals surface area contributed by atoms with Crippen molar-refractivity contribution in [1.29, 1.82) is 0 Å². The highest BCUT2D eigenvalue weighted by molar-refractivity contribution is 9.10. The van der Waals surface area contributed by atoms with Crippen LogP contribution in [0.1, 0.15) is 29.0 Å². The minimum Gasteiger partial charge on any atom is -0.378 e. The first-order valence-corrected chi connectivity index (χ1v) is 6.64. The smallest absolute Gasteiger partial charge is 0.267 e. The van der Waals surface area contributed by atoms with Crippen molar-refractivity contribution in [1.82, 2.24) is 4.98 Å². The Morgan fingerprint density at radius 3 is 2.79 bits per heavy atom. The third-order valence-corrected chi connectivity index (χ3v) is 3.49. The number of aromatic nitrogens is 1. The Morgan fingerprint density at radius 1 is 1.37 bits per heavy atom. The van der Waals surface area contributed by atoms with E-state index in [1.165, 1.54) is 0 Å². The summed E-state index contributed by atoms with van der Waals surface area (Å²) in [6.45, 7) is 2.05. The first-order valence-electron chi connectivity index (χ1n) is 5.84. The predicted molar refractivity (Wildman–Crippen MR) is 78.9 cm³/mol. The van der Waals surface area contributed by atoms with E-state index in [-0.39, 0.29) is 11.7 Å². The lowest BCUT2D eigenvalue weighted by atomic mass is 10.1. The highest BCUT2D eigenvalue weighted by Crippen LogP contribution is 2.25. The van der Waals surface area contributed by atoms with Gasteiger partial charge in [-0.3, -0.25) is 9.78 Å². The summed E-state index contributed by atoms with van der Waals surface area (Å²) in [5.74, 6) is -0.530. The zero-order chi connectivity index (χ0) is 13.8. The fraction of sp³-hybridized carbons (Fsp3) is 0.143. The number of rotatable bonds is 4. The van der Waals surface area contributed by atoms with Gasteiger partial charge in [-0.15, -0.1) is 0 Å². The van der Waals surface area contributed by atoms with E-state index in [4.69, 9.17) is 5.73 Å².